The van der Waals surface area contributed by atoms with Gasteiger partial charge >= 0.3 is 0 Å². The second-order valence-corrected chi connectivity index (χ2v) is 9.83. The highest BCUT2D eigenvalue weighted by molar-refractivity contribution is 6.00. The van der Waals surface area contributed by atoms with E-state index in [0.717, 1.165) is 35.7 Å². The molecule has 156 valence electrons. The highest BCUT2D eigenvalue weighted by Gasteiger charge is 2.29. The van der Waals surface area contributed by atoms with Crippen LogP contribution in [-0.4, -0.2) is 30.6 Å². The minimum absolute atomic E-state index is 0.0727. The van der Waals surface area contributed by atoms with Gasteiger partial charge in [-0.2, -0.15) is 0 Å². The molecule has 2 aliphatic rings. The van der Waals surface area contributed by atoms with Gasteiger partial charge in [0.15, 0.2) is 0 Å². The van der Waals surface area contributed by atoms with Gasteiger partial charge in [0.05, 0.1) is 11.6 Å². The topological polar surface area (TPSA) is 77.2 Å². The Morgan fingerprint density at radius 2 is 1.97 bits per heavy atom. The molecule has 29 heavy (non-hydrogen) atoms. The average Bonchev–Trinajstić information content (AvgIpc) is 3.42. The van der Waals surface area contributed by atoms with Crippen LogP contribution in [0.25, 0.3) is 10.9 Å². The fourth-order valence-corrected chi connectivity index (χ4v) is 4.47. The number of carbonyl (C=O) groups excluding carboxylic acids is 1. The number of carbonyl (C=O) groups is 1. The minimum atomic E-state index is -0.148. The van der Waals surface area contributed by atoms with Crippen LogP contribution in [-0.2, 0) is 10.2 Å². The van der Waals surface area contributed by atoms with E-state index in [1.54, 1.807) is 13.2 Å². The molecule has 1 amide bonds. The first-order valence-electron chi connectivity index (χ1n) is 10.8. The first-order chi connectivity index (χ1) is 13.8. The lowest BCUT2D eigenvalue weighted by Gasteiger charge is -2.23. The Kier molecular flexibility index (Phi) is 5.28. The smallest absolute Gasteiger partial charge is 0.269 e. The third kappa shape index (κ3) is 4.25. The summed E-state index contributed by atoms with van der Waals surface area (Å²) in [4.78, 5) is 17.6. The summed E-state index contributed by atoms with van der Waals surface area (Å²) in [6.07, 6.45) is 5.96. The number of nitrogens with zero attached hydrogens (tertiary/aromatic N) is 1. The molecule has 0 aliphatic heterocycles. The Bertz CT molecular complexity index is 928. The molecule has 0 spiro atoms. The second kappa shape index (κ2) is 7.60. The van der Waals surface area contributed by atoms with Crippen LogP contribution < -0.4 is 11.1 Å². The Morgan fingerprint density at radius 3 is 2.59 bits per heavy atom. The molecule has 2 saturated carbocycles. The third-order valence-corrected chi connectivity index (χ3v) is 6.43. The number of fused-ring (bicyclic) bond motifs is 1. The minimum Gasteiger partial charge on any atom is -0.398 e. The van der Waals surface area contributed by atoms with E-state index in [9.17, 15) is 4.79 Å². The number of nitrogen functional groups attached to an aromatic ring is 1. The second-order valence-electron chi connectivity index (χ2n) is 9.83. The van der Waals surface area contributed by atoms with Crippen LogP contribution in [0.3, 0.4) is 0 Å². The molecule has 2 aromatic rings. The maximum atomic E-state index is 12.8. The van der Waals surface area contributed by atoms with Gasteiger partial charge in [-0.25, -0.2) is 4.98 Å². The largest absolute Gasteiger partial charge is 0.398 e. The van der Waals surface area contributed by atoms with Gasteiger partial charge in [0.2, 0.25) is 0 Å². The maximum Gasteiger partial charge on any atom is 0.269 e. The van der Waals surface area contributed by atoms with Gasteiger partial charge in [-0.15, -0.1) is 0 Å². The zero-order valence-electron chi connectivity index (χ0n) is 18.0. The van der Waals surface area contributed by atoms with Crippen molar-refractivity contribution in [2.45, 2.75) is 70.3 Å². The molecule has 5 nitrogen and oxygen atoms in total. The van der Waals surface area contributed by atoms with Gasteiger partial charge in [0.1, 0.15) is 5.69 Å². The van der Waals surface area contributed by atoms with E-state index in [1.807, 2.05) is 0 Å². The Labute approximate surface area is 173 Å². The standard InChI is InChI=1S/C24H33N3O2/c1-24(2,3)19-11-16(15-6-7-15)10-18-20(25)12-21(27-22(18)19)23(28)26-13-14-5-8-17(9-14)29-4/h10-12,14-15,17H,5-9,13H2,1-4H3,(H2,25,27)(H,26,28)/t14-,17-/m0/s1. The number of hydrogen-bond acceptors (Lipinski definition) is 4. The Hall–Kier alpha value is -2.14. The molecule has 4 rings (SSSR count). The maximum absolute atomic E-state index is 12.8. The van der Waals surface area contributed by atoms with E-state index < -0.39 is 0 Å². The summed E-state index contributed by atoms with van der Waals surface area (Å²) >= 11 is 0. The van der Waals surface area contributed by atoms with E-state index in [2.05, 4.69) is 38.2 Å². The summed E-state index contributed by atoms with van der Waals surface area (Å²) in [6, 6.07) is 6.18. The molecule has 2 aliphatic carbocycles. The number of nitrogens with two attached hydrogens (primary N) is 1. The number of hydrogen-bond donors (Lipinski definition) is 2. The molecule has 1 heterocycles. The van der Waals surface area contributed by atoms with Crippen molar-refractivity contribution >= 4 is 22.5 Å². The number of nitrogens with one attached hydrogen (secondary N) is 1. The summed E-state index contributed by atoms with van der Waals surface area (Å²) in [5.74, 6) is 0.962. The lowest BCUT2D eigenvalue weighted by molar-refractivity contribution is 0.0929. The van der Waals surface area contributed by atoms with Crippen molar-refractivity contribution in [2.24, 2.45) is 5.92 Å². The molecule has 0 bridgehead atoms. The van der Waals surface area contributed by atoms with Crippen LogP contribution in [0.1, 0.15) is 80.4 Å². The Balaban J connectivity index is 1.62. The zero-order chi connectivity index (χ0) is 20.8. The van der Waals surface area contributed by atoms with Crippen LogP contribution in [0.5, 0.6) is 0 Å². The van der Waals surface area contributed by atoms with Crippen molar-refractivity contribution in [2.75, 3.05) is 19.4 Å². The number of pyridine rings is 1. The van der Waals surface area contributed by atoms with Crippen molar-refractivity contribution in [3.05, 3.63) is 35.0 Å². The fourth-order valence-electron chi connectivity index (χ4n) is 4.47. The fraction of sp³-hybridized carbons (Fsp3) is 0.583. The summed E-state index contributed by atoms with van der Waals surface area (Å²) < 4.78 is 5.43. The van der Waals surface area contributed by atoms with E-state index in [1.165, 1.54) is 18.4 Å². The van der Waals surface area contributed by atoms with Gasteiger partial charge in [-0.05, 0) is 72.6 Å². The van der Waals surface area contributed by atoms with Gasteiger partial charge in [-0.1, -0.05) is 26.8 Å². The van der Waals surface area contributed by atoms with Crippen molar-refractivity contribution in [3.63, 3.8) is 0 Å². The quantitative estimate of drug-likeness (QED) is 0.779. The molecule has 3 N–H and O–H groups in total. The number of benzene rings is 1. The molecule has 5 heteroatoms. The molecular formula is C24H33N3O2. The molecule has 0 saturated heterocycles. The normalized spacial score (nSPS) is 22.2. The first-order valence-corrected chi connectivity index (χ1v) is 10.8. The van der Waals surface area contributed by atoms with Crippen LogP contribution in [0.4, 0.5) is 5.69 Å². The molecular weight excluding hydrogens is 362 g/mol. The van der Waals surface area contributed by atoms with E-state index in [-0.39, 0.29) is 11.3 Å². The monoisotopic (exact) mass is 395 g/mol. The number of anilines is 1. The van der Waals surface area contributed by atoms with Crippen molar-refractivity contribution in [3.8, 4) is 0 Å². The lowest BCUT2D eigenvalue weighted by atomic mass is 9.83. The van der Waals surface area contributed by atoms with Crippen molar-refractivity contribution in [1.29, 1.82) is 0 Å². The molecule has 2 fully saturated rings. The molecule has 1 aromatic heterocycles. The number of aromatic nitrogens is 1. The van der Waals surface area contributed by atoms with Gasteiger partial charge < -0.3 is 15.8 Å². The van der Waals surface area contributed by atoms with Crippen molar-refractivity contribution < 1.29 is 9.53 Å². The number of ether oxygens (including phenoxy) is 1. The van der Waals surface area contributed by atoms with Crippen LogP contribution in [0.2, 0.25) is 0 Å². The van der Waals surface area contributed by atoms with E-state index >= 15 is 0 Å². The van der Waals surface area contributed by atoms with E-state index in [0.29, 0.717) is 35.9 Å². The predicted octanol–water partition coefficient (Wildman–Crippen LogP) is 4.54. The summed E-state index contributed by atoms with van der Waals surface area (Å²) in [5, 5.41) is 4.03. The number of rotatable bonds is 5. The van der Waals surface area contributed by atoms with Gasteiger partial charge in [-0.3, -0.25) is 4.79 Å². The number of amides is 1. The predicted molar refractivity (Wildman–Crippen MR) is 117 cm³/mol. The Morgan fingerprint density at radius 1 is 1.21 bits per heavy atom. The first kappa shape index (κ1) is 20.1. The van der Waals surface area contributed by atoms with E-state index in [4.69, 9.17) is 15.5 Å². The highest BCUT2D eigenvalue weighted by atomic mass is 16.5. The third-order valence-electron chi connectivity index (χ3n) is 6.43. The van der Waals surface area contributed by atoms with Crippen molar-refractivity contribution in [1.82, 2.24) is 10.3 Å². The van der Waals surface area contributed by atoms with Crippen LogP contribution in [0, 0.1) is 5.92 Å². The molecule has 0 unspecified atom stereocenters. The van der Waals surface area contributed by atoms with Gasteiger partial charge in [0, 0.05) is 24.7 Å². The zero-order valence-corrected chi connectivity index (χ0v) is 18.0. The number of methoxy groups -OCH3 is 1. The highest BCUT2D eigenvalue weighted by Crippen LogP contribution is 2.44. The SMILES string of the molecule is CO[C@H]1CC[C@H](CNC(=O)c2cc(N)c3cc(C4CC4)cc(C(C)(C)C)c3n2)C1. The summed E-state index contributed by atoms with van der Waals surface area (Å²) in [6.45, 7) is 7.23. The lowest BCUT2D eigenvalue weighted by Crippen LogP contribution is -2.29. The summed E-state index contributed by atoms with van der Waals surface area (Å²) in [7, 11) is 1.76. The van der Waals surface area contributed by atoms with Crippen LogP contribution in [0.15, 0.2) is 18.2 Å². The molecule has 1 aromatic carbocycles. The average molecular weight is 396 g/mol. The molecule has 2 atom stereocenters. The van der Waals surface area contributed by atoms with Crippen LogP contribution >= 0.6 is 0 Å². The molecule has 0 radical (unpaired) electrons. The summed E-state index contributed by atoms with van der Waals surface area (Å²) in [5.41, 5.74) is 10.7. The van der Waals surface area contributed by atoms with Gasteiger partial charge in [0.25, 0.3) is 5.91 Å².